The van der Waals surface area contributed by atoms with E-state index in [0.717, 1.165) is 38.5 Å². The summed E-state index contributed by atoms with van der Waals surface area (Å²) in [5, 5.41) is 0. The van der Waals surface area contributed by atoms with E-state index in [9.17, 15) is 0 Å². The summed E-state index contributed by atoms with van der Waals surface area (Å²) in [4.78, 5) is 0. The number of ether oxygens (including phenoxy) is 2. The van der Waals surface area contributed by atoms with Crippen LogP contribution in [-0.2, 0) is 9.47 Å². The third-order valence-electron chi connectivity index (χ3n) is 2.68. The van der Waals surface area contributed by atoms with E-state index in [1.807, 2.05) is 0 Å². The van der Waals surface area contributed by atoms with Crippen LogP contribution in [0.2, 0.25) is 0 Å². The van der Waals surface area contributed by atoms with Crippen molar-refractivity contribution >= 4 is 0 Å². The first kappa shape index (κ1) is 11.2. The van der Waals surface area contributed by atoms with Gasteiger partial charge in [0.05, 0.1) is 24.7 Å². The Balaban J connectivity index is 2.27. The zero-order valence-corrected chi connectivity index (χ0v) is 8.78. The van der Waals surface area contributed by atoms with Gasteiger partial charge in [0.2, 0.25) is 0 Å². The predicted molar refractivity (Wildman–Crippen MR) is 57.8 cm³/mol. The average Bonchev–Trinajstić information content (AvgIpc) is 2.13. The standard InChI is InChI=1S/C12H20O2/c1-3-13-11-7-5-9-12(14-4-2)10-6-8-11/h3-4,11-12H,1-2,5-10H2. The van der Waals surface area contributed by atoms with Gasteiger partial charge >= 0.3 is 0 Å². The van der Waals surface area contributed by atoms with Crippen LogP contribution in [0.5, 0.6) is 0 Å². The molecule has 0 aliphatic heterocycles. The van der Waals surface area contributed by atoms with Crippen molar-refractivity contribution in [1.82, 2.24) is 0 Å². The molecule has 0 aromatic rings. The molecule has 1 saturated carbocycles. The molecular weight excluding hydrogens is 176 g/mol. The minimum Gasteiger partial charge on any atom is -0.499 e. The Morgan fingerprint density at radius 1 is 0.786 bits per heavy atom. The monoisotopic (exact) mass is 196 g/mol. The van der Waals surface area contributed by atoms with Crippen molar-refractivity contribution in [3.05, 3.63) is 25.7 Å². The molecule has 0 saturated heterocycles. The zero-order valence-electron chi connectivity index (χ0n) is 8.78. The summed E-state index contributed by atoms with van der Waals surface area (Å²) in [6.45, 7) is 7.19. The summed E-state index contributed by atoms with van der Waals surface area (Å²) in [6.07, 6.45) is 10.6. The molecule has 1 aliphatic carbocycles. The lowest BCUT2D eigenvalue weighted by molar-refractivity contribution is 0.0746. The van der Waals surface area contributed by atoms with Crippen LogP contribution in [0.1, 0.15) is 38.5 Å². The largest absolute Gasteiger partial charge is 0.499 e. The van der Waals surface area contributed by atoms with Gasteiger partial charge in [-0.1, -0.05) is 13.2 Å². The van der Waals surface area contributed by atoms with Crippen LogP contribution in [0.15, 0.2) is 25.7 Å². The maximum absolute atomic E-state index is 5.42. The molecule has 0 aromatic carbocycles. The maximum atomic E-state index is 5.42. The van der Waals surface area contributed by atoms with E-state index in [4.69, 9.17) is 9.47 Å². The van der Waals surface area contributed by atoms with Gasteiger partial charge in [0.1, 0.15) is 0 Å². The number of rotatable bonds is 4. The van der Waals surface area contributed by atoms with Crippen molar-refractivity contribution in [2.45, 2.75) is 50.7 Å². The molecular formula is C12H20O2. The van der Waals surface area contributed by atoms with E-state index in [2.05, 4.69) is 13.2 Å². The highest BCUT2D eigenvalue weighted by molar-refractivity contribution is 4.72. The molecule has 1 fully saturated rings. The third-order valence-corrected chi connectivity index (χ3v) is 2.68. The number of hydrogen-bond acceptors (Lipinski definition) is 2. The third kappa shape index (κ3) is 3.86. The van der Waals surface area contributed by atoms with Gasteiger partial charge in [0.15, 0.2) is 0 Å². The highest BCUT2D eigenvalue weighted by Crippen LogP contribution is 2.21. The van der Waals surface area contributed by atoms with Crippen molar-refractivity contribution in [1.29, 1.82) is 0 Å². The van der Waals surface area contributed by atoms with E-state index < -0.39 is 0 Å². The van der Waals surface area contributed by atoms with Crippen molar-refractivity contribution in [3.63, 3.8) is 0 Å². The van der Waals surface area contributed by atoms with Crippen LogP contribution in [0.25, 0.3) is 0 Å². The molecule has 2 heteroatoms. The molecule has 80 valence electrons. The van der Waals surface area contributed by atoms with Gasteiger partial charge < -0.3 is 9.47 Å². The van der Waals surface area contributed by atoms with Gasteiger partial charge in [-0.05, 0) is 38.5 Å². The van der Waals surface area contributed by atoms with Crippen molar-refractivity contribution in [2.75, 3.05) is 0 Å². The van der Waals surface area contributed by atoms with E-state index >= 15 is 0 Å². The second-order valence-electron chi connectivity index (χ2n) is 3.71. The van der Waals surface area contributed by atoms with Gasteiger partial charge in [-0.25, -0.2) is 0 Å². The Morgan fingerprint density at radius 2 is 1.14 bits per heavy atom. The highest BCUT2D eigenvalue weighted by Gasteiger charge is 2.16. The van der Waals surface area contributed by atoms with Crippen molar-refractivity contribution in [3.8, 4) is 0 Å². The molecule has 0 aromatic heterocycles. The van der Waals surface area contributed by atoms with Gasteiger partial charge in [0, 0.05) is 0 Å². The SMILES string of the molecule is C=COC1CCCC(OC=C)CCC1. The molecule has 2 nitrogen and oxygen atoms in total. The fraction of sp³-hybridized carbons (Fsp3) is 0.667. The van der Waals surface area contributed by atoms with Crippen molar-refractivity contribution < 1.29 is 9.47 Å². The summed E-state index contributed by atoms with van der Waals surface area (Å²) in [5.74, 6) is 0. The molecule has 0 radical (unpaired) electrons. The van der Waals surface area contributed by atoms with E-state index in [1.165, 1.54) is 0 Å². The Morgan fingerprint density at radius 3 is 1.43 bits per heavy atom. The highest BCUT2D eigenvalue weighted by atomic mass is 16.5. The van der Waals surface area contributed by atoms with E-state index in [0.29, 0.717) is 12.2 Å². The lowest BCUT2D eigenvalue weighted by Gasteiger charge is -2.23. The molecule has 1 rings (SSSR count). The smallest absolute Gasteiger partial charge is 0.0978 e. The molecule has 0 N–H and O–H groups in total. The molecule has 0 spiro atoms. The van der Waals surface area contributed by atoms with E-state index in [-0.39, 0.29) is 0 Å². The maximum Gasteiger partial charge on any atom is 0.0978 e. The lowest BCUT2D eigenvalue weighted by Crippen LogP contribution is -2.18. The average molecular weight is 196 g/mol. The topological polar surface area (TPSA) is 18.5 Å². The Hall–Kier alpha value is -0.920. The molecule has 0 amide bonds. The van der Waals surface area contributed by atoms with Crippen LogP contribution in [0, 0.1) is 0 Å². The second-order valence-corrected chi connectivity index (χ2v) is 3.71. The fourth-order valence-electron chi connectivity index (χ4n) is 1.98. The summed E-state index contributed by atoms with van der Waals surface area (Å²) >= 11 is 0. The predicted octanol–water partition coefficient (Wildman–Crippen LogP) is 3.40. The number of hydrogen-bond donors (Lipinski definition) is 0. The molecule has 0 bridgehead atoms. The Bertz CT molecular complexity index is 149. The molecule has 1 aliphatic rings. The van der Waals surface area contributed by atoms with Crippen molar-refractivity contribution in [2.24, 2.45) is 0 Å². The second kappa shape index (κ2) is 6.52. The summed E-state index contributed by atoms with van der Waals surface area (Å²) < 4.78 is 10.8. The van der Waals surface area contributed by atoms with Crippen LogP contribution >= 0.6 is 0 Å². The summed E-state index contributed by atoms with van der Waals surface area (Å²) in [5.41, 5.74) is 0. The first-order valence-corrected chi connectivity index (χ1v) is 5.39. The Labute approximate surface area is 86.6 Å². The Kier molecular flexibility index (Phi) is 5.20. The molecule has 0 unspecified atom stereocenters. The van der Waals surface area contributed by atoms with Gasteiger partial charge in [-0.3, -0.25) is 0 Å². The molecule has 14 heavy (non-hydrogen) atoms. The van der Waals surface area contributed by atoms with Crippen LogP contribution in [0.3, 0.4) is 0 Å². The van der Waals surface area contributed by atoms with Crippen LogP contribution < -0.4 is 0 Å². The van der Waals surface area contributed by atoms with Gasteiger partial charge in [-0.2, -0.15) is 0 Å². The quantitative estimate of drug-likeness (QED) is 0.641. The summed E-state index contributed by atoms with van der Waals surface area (Å²) in [7, 11) is 0. The first-order valence-electron chi connectivity index (χ1n) is 5.39. The van der Waals surface area contributed by atoms with Crippen LogP contribution in [-0.4, -0.2) is 12.2 Å². The summed E-state index contributed by atoms with van der Waals surface area (Å²) in [6, 6.07) is 0. The fourth-order valence-corrected chi connectivity index (χ4v) is 1.98. The minimum atomic E-state index is 0.372. The van der Waals surface area contributed by atoms with Gasteiger partial charge in [-0.15, -0.1) is 0 Å². The minimum absolute atomic E-state index is 0.372. The molecule has 0 atom stereocenters. The first-order chi connectivity index (χ1) is 6.86. The lowest BCUT2D eigenvalue weighted by atomic mass is 9.96. The van der Waals surface area contributed by atoms with Gasteiger partial charge in [0.25, 0.3) is 0 Å². The zero-order chi connectivity index (χ0) is 10.2. The normalized spacial score (nSPS) is 28.3. The van der Waals surface area contributed by atoms with Crippen LogP contribution in [0.4, 0.5) is 0 Å². The van der Waals surface area contributed by atoms with E-state index in [1.54, 1.807) is 12.5 Å². The molecule has 0 heterocycles.